The zero-order valence-electron chi connectivity index (χ0n) is 9.19. The molecule has 0 aromatic heterocycles. The number of hydrogen-bond donors (Lipinski definition) is 1. The van der Waals surface area contributed by atoms with Crippen LogP contribution in [0.15, 0.2) is 24.3 Å². The van der Waals surface area contributed by atoms with Crippen molar-refractivity contribution in [1.29, 1.82) is 0 Å². The molecule has 1 fully saturated rings. The second-order valence-corrected chi connectivity index (χ2v) is 4.97. The molecular formula is C12H17NOS. The van der Waals surface area contributed by atoms with E-state index in [1.165, 1.54) is 11.3 Å². The fraction of sp³-hybridized carbons (Fsp3) is 0.500. The highest BCUT2D eigenvalue weighted by atomic mass is 32.2. The van der Waals surface area contributed by atoms with E-state index in [9.17, 15) is 0 Å². The first-order valence-electron chi connectivity index (χ1n) is 5.28. The molecular weight excluding hydrogens is 206 g/mol. The average Bonchev–Trinajstić information content (AvgIpc) is 2.29. The predicted octanol–water partition coefficient (Wildman–Crippen LogP) is 2.46. The molecule has 0 spiro atoms. The van der Waals surface area contributed by atoms with Gasteiger partial charge in [0, 0.05) is 29.2 Å². The zero-order chi connectivity index (χ0) is 10.7. The van der Waals surface area contributed by atoms with Crippen molar-refractivity contribution < 1.29 is 4.74 Å². The second-order valence-electron chi connectivity index (χ2n) is 3.90. The summed E-state index contributed by atoms with van der Waals surface area (Å²) in [4.78, 5) is 0. The van der Waals surface area contributed by atoms with Gasteiger partial charge in [0.15, 0.2) is 0 Å². The lowest BCUT2D eigenvalue weighted by Gasteiger charge is -2.29. The SMILES string of the molecule is COc1ccccc1C1CSCC(C)N1. The molecule has 2 atom stereocenters. The van der Waals surface area contributed by atoms with Gasteiger partial charge in [-0.25, -0.2) is 0 Å². The van der Waals surface area contributed by atoms with Crippen LogP contribution in [0.1, 0.15) is 18.5 Å². The number of rotatable bonds is 2. The number of hydrogen-bond acceptors (Lipinski definition) is 3. The number of para-hydroxylation sites is 1. The molecule has 0 amide bonds. The minimum atomic E-state index is 0.426. The molecule has 2 unspecified atom stereocenters. The fourth-order valence-corrected chi connectivity index (χ4v) is 3.03. The lowest BCUT2D eigenvalue weighted by molar-refractivity contribution is 0.397. The Morgan fingerprint density at radius 1 is 1.33 bits per heavy atom. The Balaban J connectivity index is 2.20. The summed E-state index contributed by atoms with van der Waals surface area (Å²) in [5.74, 6) is 3.32. The third-order valence-corrected chi connectivity index (χ3v) is 3.96. The van der Waals surface area contributed by atoms with Crippen molar-refractivity contribution in [3.8, 4) is 5.75 Å². The van der Waals surface area contributed by atoms with E-state index in [-0.39, 0.29) is 0 Å². The van der Waals surface area contributed by atoms with Gasteiger partial charge in [0.1, 0.15) is 5.75 Å². The largest absolute Gasteiger partial charge is 0.496 e. The molecule has 1 N–H and O–H groups in total. The first kappa shape index (κ1) is 10.8. The van der Waals surface area contributed by atoms with Crippen LogP contribution in [0, 0.1) is 0 Å². The number of thioether (sulfide) groups is 1. The van der Waals surface area contributed by atoms with Gasteiger partial charge >= 0.3 is 0 Å². The van der Waals surface area contributed by atoms with Crippen LogP contribution < -0.4 is 10.1 Å². The normalized spacial score (nSPS) is 26.3. The Hall–Kier alpha value is -0.670. The van der Waals surface area contributed by atoms with E-state index in [0.717, 1.165) is 11.5 Å². The highest BCUT2D eigenvalue weighted by Crippen LogP contribution is 2.30. The summed E-state index contributed by atoms with van der Waals surface area (Å²) in [5, 5.41) is 3.61. The molecule has 0 saturated carbocycles. The maximum atomic E-state index is 5.38. The predicted molar refractivity (Wildman–Crippen MR) is 65.7 cm³/mol. The van der Waals surface area contributed by atoms with E-state index >= 15 is 0 Å². The molecule has 1 aliphatic heterocycles. The molecule has 0 aliphatic carbocycles. The topological polar surface area (TPSA) is 21.3 Å². The Morgan fingerprint density at radius 3 is 2.87 bits per heavy atom. The van der Waals surface area contributed by atoms with Crippen LogP contribution in [0.5, 0.6) is 5.75 Å². The molecule has 1 heterocycles. The summed E-state index contributed by atoms with van der Waals surface area (Å²) in [5.41, 5.74) is 1.28. The van der Waals surface area contributed by atoms with Crippen LogP contribution in [-0.2, 0) is 0 Å². The highest BCUT2D eigenvalue weighted by molar-refractivity contribution is 7.99. The molecule has 1 aliphatic rings. The Bertz CT molecular complexity index is 329. The van der Waals surface area contributed by atoms with Crippen LogP contribution in [0.4, 0.5) is 0 Å². The lowest BCUT2D eigenvalue weighted by atomic mass is 10.1. The van der Waals surface area contributed by atoms with Crippen molar-refractivity contribution in [2.24, 2.45) is 0 Å². The van der Waals surface area contributed by atoms with Crippen LogP contribution in [0.25, 0.3) is 0 Å². The molecule has 82 valence electrons. The van der Waals surface area contributed by atoms with E-state index in [4.69, 9.17) is 4.74 Å². The summed E-state index contributed by atoms with van der Waals surface area (Å²) in [6.45, 7) is 2.23. The quantitative estimate of drug-likeness (QED) is 0.832. The molecule has 0 radical (unpaired) electrons. The number of methoxy groups -OCH3 is 1. The van der Waals surface area contributed by atoms with Crippen LogP contribution >= 0.6 is 11.8 Å². The van der Waals surface area contributed by atoms with Crippen molar-refractivity contribution in [2.75, 3.05) is 18.6 Å². The van der Waals surface area contributed by atoms with Crippen molar-refractivity contribution in [3.63, 3.8) is 0 Å². The first-order chi connectivity index (χ1) is 7.31. The van der Waals surface area contributed by atoms with E-state index in [2.05, 4.69) is 24.4 Å². The maximum Gasteiger partial charge on any atom is 0.123 e. The summed E-state index contributed by atoms with van der Waals surface area (Å²) in [7, 11) is 1.73. The average molecular weight is 223 g/mol. The molecule has 2 rings (SSSR count). The summed E-state index contributed by atoms with van der Waals surface area (Å²) in [6.07, 6.45) is 0. The molecule has 0 bridgehead atoms. The minimum absolute atomic E-state index is 0.426. The standard InChI is InChI=1S/C12H17NOS/c1-9-7-15-8-11(13-9)10-5-3-4-6-12(10)14-2/h3-6,9,11,13H,7-8H2,1-2H3. The van der Waals surface area contributed by atoms with Gasteiger partial charge in [-0.3, -0.25) is 0 Å². The van der Waals surface area contributed by atoms with Crippen molar-refractivity contribution in [3.05, 3.63) is 29.8 Å². The van der Waals surface area contributed by atoms with Gasteiger partial charge in [-0.15, -0.1) is 0 Å². The van der Waals surface area contributed by atoms with Gasteiger partial charge < -0.3 is 10.1 Å². The monoisotopic (exact) mass is 223 g/mol. The second kappa shape index (κ2) is 4.90. The summed E-state index contributed by atoms with van der Waals surface area (Å²) >= 11 is 2.01. The van der Waals surface area contributed by atoms with E-state index in [1.54, 1.807) is 7.11 Å². The van der Waals surface area contributed by atoms with Gasteiger partial charge in [0.25, 0.3) is 0 Å². The van der Waals surface area contributed by atoms with E-state index < -0.39 is 0 Å². The zero-order valence-corrected chi connectivity index (χ0v) is 10.0. The Kier molecular flexibility index (Phi) is 3.54. The van der Waals surface area contributed by atoms with Crippen LogP contribution in [0.2, 0.25) is 0 Å². The van der Waals surface area contributed by atoms with Crippen LogP contribution in [0.3, 0.4) is 0 Å². The fourth-order valence-electron chi connectivity index (χ4n) is 1.94. The van der Waals surface area contributed by atoms with E-state index in [0.29, 0.717) is 12.1 Å². The van der Waals surface area contributed by atoms with Crippen molar-refractivity contribution in [2.45, 2.75) is 19.0 Å². The molecule has 15 heavy (non-hydrogen) atoms. The van der Waals surface area contributed by atoms with E-state index in [1.807, 2.05) is 23.9 Å². The third-order valence-electron chi connectivity index (χ3n) is 2.65. The summed E-state index contributed by atoms with van der Waals surface area (Å²) in [6, 6.07) is 9.27. The lowest BCUT2D eigenvalue weighted by Crippen LogP contribution is -2.38. The van der Waals surface area contributed by atoms with Crippen molar-refractivity contribution >= 4 is 11.8 Å². The smallest absolute Gasteiger partial charge is 0.123 e. The minimum Gasteiger partial charge on any atom is -0.496 e. The first-order valence-corrected chi connectivity index (χ1v) is 6.43. The van der Waals surface area contributed by atoms with Gasteiger partial charge in [0.2, 0.25) is 0 Å². The van der Waals surface area contributed by atoms with Gasteiger partial charge in [-0.2, -0.15) is 11.8 Å². The third kappa shape index (κ3) is 2.47. The number of ether oxygens (including phenoxy) is 1. The molecule has 3 heteroatoms. The number of benzene rings is 1. The van der Waals surface area contributed by atoms with Gasteiger partial charge in [0.05, 0.1) is 7.11 Å². The molecule has 1 aromatic rings. The Morgan fingerprint density at radius 2 is 2.13 bits per heavy atom. The van der Waals surface area contributed by atoms with Gasteiger partial charge in [-0.05, 0) is 13.0 Å². The number of nitrogens with one attached hydrogen (secondary N) is 1. The van der Waals surface area contributed by atoms with Gasteiger partial charge in [-0.1, -0.05) is 18.2 Å². The Labute approximate surface area is 95.4 Å². The molecule has 1 aromatic carbocycles. The molecule has 1 saturated heterocycles. The molecule has 2 nitrogen and oxygen atoms in total. The van der Waals surface area contributed by atoms with Crippen molar-refractivity contribution in [1.82, 2.24) is 5.32 Å². The maximum absolute atomic E-state index is 5.38. The summed E-state index contributed by atoms with van der Waals surface area (Å²) < 4.78 is 5.38. The van der Waals surface area contributed by atoms with Crippen LogP contribution in [-0.4, -0.2) is 24.7 Å². The highest BCUT2D eigenvalue weighted by Gasteiger charge is 2.21.